The normalized spacial score (nSPS) is 18.8. The number of rotatable bonds is 5. The van der Waals surface area contributed by atoms with Crippen molar-refractivity contribution in [2.24, 2.45) is 5.73 Å². The third-order valence-electron chi connectivity index (χ3n) is 4.63. The number of nitrogens with zero attached hydrogens (tertiary/aromatic N) is 1. The largest absolute Gasteiger partial charge is 0.497 e. The quantitative estimate of drug-likeness (QED) is 0.895. The molecule has 0 aromatic heterocycles. The molecule has 1 aliphatic rings. The zero-order chi connectivity index (χ0) is 14.6. The maximum atomic E-state index is 6.16. The molecule has 0 radical (unpaired) electrons. The summed E-state index contributed by atoms with van der Waals surface area (Å²) in [4.78, 5) is 2.47. The maximum absolute atomic E-state index is 6.16. The van der Waals surface area contributed by atoms with Gasteiger partial charge in [-0.1, -0.05) is 6.92 Å². The van der Waals surface area contributed by atoms with Crippen LogP contribution in [0, 0.1) is 0 Å². The van der Waals surface area contributed by atoms with E-state index in [0.29, 0.717) is 6.54 Å². The Labute approximate surface area is 121 Å². The number of likely N-dealkylation sites (tertiary alicyclic amines) is 1. The minimum Gasteiger partial charge on any atom is -0.497 e. The molecule has 0 spiro atoms. The predicted molar refractivity (Wildman–Crippen MR) is 81.6 cm³/mol. The molecule has 1 aromatic rings. The summed E-state index contributed by atoms with van der Waals surface area (Å²) in [6.07, 6.45) is 2.14. The minimum atomic E-state index is 0.00551. The minimum absolute atomic E-state index is 0.00551. The molecule has 0 atom stereocenters. The molecular formula is C16H26N2O2. The topological polar surface area (TPSA) is 47.7 Å². The van der Waals surface area contributed by atoms with Gasteiger partial charge < -0.3 is 20.1 Å². The van der Waals surface area contributed by atoms with Gasteiger partial charge in [-0.05, 0) is 50.7 Å². The SMILES string of the molecule is CCN1CCC(CN)(c2cc(OC)ccc2OC)CC1. The van der Waals surface area contributed by atoms with Crippen LogP contribution in [-0.2, 0) is 5.41 Å². The van der Waals surface area contributed by atoms with Crippen LogP contribution in [0.15, 0.2) is 18.2 Å². The summed E-state index contributed by atoms with van der Waals surface area (Å²) in [5.41, 5.74) is 7.36. The monoisotopic (exact) mass is 278 g/mol. The van der Waals surface area contributed by atoms with Crippen LogP contribution in [0.25, 0.3) is 0 Å². The second-order valence-corrected chi connectivity index (χ2v) is 5.48. The third kappa shape index (κ3) is 2.76. The lowest BCUT2D eigenvalue weighted by Gasteiger charge is -2.42. The lowest BCUT2D eigenvalue weighted by Crippen LogP contribution is -2.46. The molecule has 2 N–H and O–H groups in total. The van der Waals surface area contributed by atoms with Crippen molar-refractivity contribution in [1.29, 1.82) is 0 Å². The molecule has 0 bridgehead atoms. The molecule has 1 heterocycles. The van der Waals surface area contributed by atoms with Crippen molar-refractivity contribution in [3.8, 4) is 11.5 Å². The summed E-state index contributed by atoms with van der Waals surface area (Å²) in [5.74, 6) is 1.78. The first kappa shape index (κ1) is 15.1. The van der Waals surface area contributed by atoms with Gasteiger partial charge in [0.1, 0.15) is 11.5 Å². The summed E-state index contributed by atoms with van der Waals surface area (Å²) in [6, 6.07) is 6.01. The van der Waals surface area contributed by atoms with Crippen LogP contribution in [0.4, 0.5) is 0 Å². The third-order valence-corrected chi connectivity index (χ3v) is 4.63. The number of hydrogen-bond donors (Lipinski definition) is 1. The van der Waals surface area contributed by atoms with Crippen molar-refractivity contribution in [2.75, 3.05) is 40.4 Å². The molecule has 0 saturated carbocycles. The average Bonchev–Trinajstić information content (AvgIpc) is 2.54. The van der Waals surface area contributed by atoms with Gasteiger partial charge in [0.25, 0.3) is 0 Å². The Balaban J connectivity index is 2.35. The number of nitrogens with two attached hydrogens (primary N) is 1. The molecule has 1 fully saturated rings. The molecule has 1 aromatic carbocycles. The van der Waals surface area contributed by atoms with E-state index in [2.05, 4.69) is 17.9 Å². The first-order chi connectivity index (χ1) is 9.69. The van der Waals surface area contributed by atoms with Crippen LogP contribution in [-0.4, -0.2) is 45.3 Å². The van der Waals surface area contributed by atoms with E-state index in [1.54, 1.807) is 14.2 Å². The summed E-state index contributed by atoms with van der Waals surface area (Å²) in [6.45, 7) is 6.15. The Bertz CT molecular complexity index is 440. The van der Waals surface area contributed by atoms with Gasteiger partial charge in [0.2, 0.25) is 0 Å². The standard InChI is InChI=1S/C16H26N2O2/c1-4-18-9-7-16(12-17,8-10-18)14-11-13(19-2)5-6-15(14)20-3/h5-6,11H,4,7-10,12,17H2,1-3H3. The highest BCUT2D eigenvalue weighted by molar-refractivity contribution is 5.45. The van der Waals surface area contributed by atoms with Crippen LogP contribution < -0.4 is 15.2 Å². The van der Waals surface area contributed by atoms with Gasteiger partial charge in [-0.15, -0.1) is 0 Å². The number of piperidine rings is 1. The number of methoxy groups -OCH3 is 2. The lowest BCUT2D eigenvalue weighted by molar-refractivity contribution is 0.166. The molecule has 0 amide bonds. The smallest absolute Gasteiger partial charge is 0.122 e. The van der Waals surface area contributed by atoms with E-state index in [1.165, 1.54) is 5.56 Å². The number of ether oxygens (including phenoxy) is 2. The Morgan fingerprint density at radius 3 is 2.40 bits per heavy atom. The predicted octanol–water partition coefficient (Wildman–Crippen LogP) is 2.02. The van der Waals surface area contributed by atoms with E-state index < -0.39 is 0 Å². The summed E-state index contributed by atoms with van der Waals surface area (Å²) < 4.78 is 10.9. The molecule has 1 aliphatic heterocycles. The van der Waals surface area contributed by atoms with Crippen LogP contribution in [0.3, 0.4) is 0 Å². The van der Waals surface area contributed by atoms with Gasteiger partial charge in [0.15, 0.2) is 0 Å². The van der Waals surface area contributed by atoms with Gasteiger partial charge in [-0.25, -0.2) is 0 Å². The molecular weight excluding hydrogens is 252 g/mol. The highest BCUT2D eigenvalue weighted by Gasteiger charge is 2.37. The van der Waals surface area contributed by atoms with E-state index in [1.807, 2.05) is 12.1 Å². The average molecular weight is 278 g/mol. The van der Waals surface area contributed by atoms with Gasteiger partial charge in [-0.2, -0.15) is 0 Å². The fourth-order valence-electron chi connectivity index (χ4n) is 3.11. The lowest BCUT2D eigenvalue weighted by atomic mass is 9.72. The Morgan fingerprint density at radius 1 is 1.20 bits per heavy atom. The summed E-state index contributed by atoms with van der Waals surface area (Å²) in [5, 5.41) is 0. The zero-order valence-corrected chi connectivity index (χ0v) is 12.8. The fourth-order valence-corrected chi connectivity index (χ4v) is 3.11. The van der Waals surface area contributed by atoms with Crippen LogP contribution in [0.1, 0.15) is 25.3 Å². The number of hydrogen-bond acceptors (Lipinski definition) is 4. The molecule has 4 heteroatoms. The van der Waals surface area contributed by atoms with Gasteiger partial charge in [0, 0.05) is 17.5 Å². The van der Waals surface area contributed by atoms with E-state index in [9.17, 15) is 0 Å². The van der Waals surface area contributed by atoms with E-state index in [4.69, 9.17) is 15.2 Å². The number of benzene rings is 1. The van der Waals surface area contributed by atoms with Gasteiger partial charge >= 0.3 is 0 Å². The Morgan fingerprint density at radius 2 is 1.90 bits per heavy atom. The van der Waals surface area contributed by atoms with E-state index in [-0.39, 0.29) is 5.41 Å². The molecule has 0 aliphatic carbocycles. The van der Waals surface area contributed by atoms with Crippen molar-refractivity contribution in [3.63, 3.8) is 0 Å². The van der Waals surface area contributed by atoms with Crippen LogP contribution in [0.5, 0.6) is 11.5 Å². The van der Waals surface area contributed by atoms with Crippen molar-refractivity contribution in [1.82, 2.24) is 4.90 Å². The van der Waals surface area contributed by atoms with Crippen molar-refractivity contribution < 1.29 is 9.47 Å². The second-order valence-electron chi connectivity index (χ2n) is 5.48. The summed E-state index contributed by atoms with van der Waals surface area (Å²) in [7, 11) is 3.41. The van der Waals surface area contributed by atoms with E-state index in [0.717, 1.165) is 44.0 Å². The van der Waals surface area contributed by atoms with Crippen LogP contribution in [0.2, 0.25) is 0 Å². The Hall–Kier alpha value is -1.26. The van der Waals surface area contributed by atoms with E-state index >= 15 is 0 Å². The molecule has 0 unspecified atom stereocenters. The molecule has 112 valence electrons. The zero-order valence-electron chi connectivity index (χ0n) is 12.8. The second kappa shape index (κ2) is 6.46. The van der Waals surface area contributed by atoms with Gasteiger partial charge in [0.05, 0.1) is 14.2 Å². The molecule has 2 rings (SSSR count). The van der Waals surface area contributed by atoms with Crippen molar-refractivity contribution >= 4 is 0 Å². The maximum Gasteiger partial charge on any atom is 0.122 e. The molecule has 4 nitrogen and oxygen atoms in total. The molecule has 1 saturated heterocycles. The van der Waals surface area contributed by atoms with Crippen molar-refractivity contribution in [3.05, 3.63) is 23.8 Å². The van der Waals surface area contributed by atoms with Crippen molar-refractivity contribution in [2.45, 2.75) is 25.2 Å². The first-order valence-electron chi connectivity index (χ1n) is 7.34. The first-order valence-corrected chi connectivity index (χ1v) is 7.34. The highest BCUT2D eigenvalue weighted by Crippen LogP contribution is 2.41. The summed E-state index contributed by atoms with van der Waals surface area (Å²) >= 11 is 0. The molecule has 20 heavy (non-hydrogen) atoms. The Kier molecular flexibility index (Phi) is 4.89. The van der Waals surface area contributed by atoms with Crippen LogP contribution >= 0.6 is 0 Å². The van der Waals surface area contributed by atoms with Gasteiger partial charge in [-0.3, -0.25) is 0 Å². The highest BCUT2D eigenvalue weighted by atomic mass is 16.5. The fraction of sp³-hybridized carbons (Fsp3) is 0.625.